The third kappa shape index (κ3) is 3.34. The summed E-state index contributed by atoms with van der Waals surface area (Å²) in [5.41, 5.74) is 0. The predicted octanol–water partition coefficient (Wildman–Crippen LogP) is 0.742. The molecule has 0 N–H and O–H groups in total. The van der Waals surface area contributed by atoms with Crippen LogP contribution in [0.1, 0.15) is 6.92 Å². The monoisotopic (exact) mass is 170 g/mol. The third-order valence-electron chi connectivity index (χ3n) is 2.05. The van der Waals surface area contributed by atoms with Gasteiger partial charge in [-0.3, -0.25) is 4.84 Å². The second-order valence-corrected chi connectivity index (χ2v) is 3.10. The number of hydrogen-bond acceptors (Lipinski definition) is 3. The van der Waals surface area contributed by atoms with E-state index in [-0.39, 0.29) is 0 Å². The van der Waals surface area contributed by atoms with Crippen LogP contribution in [-0.4, -0.2) is 49.8 Å². The summed E-state index contributed by atoms with van der Waals surface area (Å²) < 4.78 is 0. The minimum atomic E-state index is 0.709. The summed E-state index contributed by atoms with van der Waals surface area (Å²) in [6, 6.07) is 0. The Balaban J connectivity index is 2.09. The Morgan fingerprint density at radius 1 is 1.25 bits per heavy atom. The van der Waals surface area contributed by atoms with Crippen molar-refractivity contribution >= 4 is 0 Å². The van der Waals surface area contributed by atoms with Crippen molar-refractivity contribution in [2.75, 3.05) is 39.8 Å². The molecule has 0 atom stereocenters. The van der Waals surface area contributed by atoms with Gasteiger partial charge in [0.2, 0.25) is 0 Å². The molecule has 0 bridgehead atoms. The zero-order valence-corrected chi connectivity index (χ0v) is 7.99. The van der Waals surface area contributed by atoms with Gasteiger partial charge in [0.05, 0.1) is 6.61 Å². The molecule has 1 heterocycles. The second kappa shape index (κ2) is 5.30. The number of allylic oxidation sites excluding steroid dienone is 1. The SMILES string of the molecule is C/C=C/CON1CCN(C)CC1. The van der Waals surface area contributed by atoms with E-state index in [2.05, 4.69) is 11.9 Å². The first-order valence-corrected chi connectivity index (χ1v) is 4.50. The van der Waals surface area contributed by atoms with E-state index in [1.807, 2.05) is 24.1 Å². The molecular weight excluding hydrogens is 152 g/mol. The maximum atomic E-state index is 5.49. The molecule has 0 aromatic carbocycles. The minimum absolute atomic E-state index is 0.709. The van der Waals surface area contributed by atoms with Crippen molar-refractivity contribution in [3.8, 4) is 0 Å². The van der Waals surface area contributed by atoms with Crippen molar-refractivity contribution in [1.29, 1.82) is 0 Å². The Morgan fingerprint density at radius 2 is 1.92 bits per heavy atom. The molecule has 0 unspecified atom stereocenters. The van der Waals surface area contributed by atoms with Crippen LogP contribution in [0.15, 0.2) is 12.2 Å². The summed E-state index contributed by atoms with van der Waals surface area (Å²) in [5.74, 6) is 0. The van der Waals surface area contributed by atoms with Crippen LogP contribution in [0.25, 0.3) is 0 Å². The van der Waals surface area contributed by atoms with Gasteiger partial charge in [0, 0.05) is 26.2 Å². The molecule has 1 aliphatic rings. The molecule has 0 spiro atoms. The first kappa shape index (κ1) is 9.71. The van der Waals surface area contributed by atoms with Gasteiger partial charge >= 0.3 is 0 Å². The fourth-order valence-corrected chi connectivity index (χ4v) is 1.16. The summed E-state index contributed by atoms with van der Waals surface area (Å²) in [7, 11) is 2.14. The summed E-state index contributed by atoms with van der Waals surface area (Å²) in [4.78, 5) is 7.81. The van der Waals surface area contributed by atoms with E-state index < -0.39 is 0 Å². The molecule has 0 aliphatic carbocycles. The molecule has 12 heavy (non-hydrogen) atoms. The van der Waals surface area contributed by atoms with Gasteiger partial charge in [0.25, 0.3) is 0 Å². The number of rotatable bonds is 3. The highest BCUT2D eigenvalue weighted by Crippen LogP contribution is 1.99. The molecule has 0 radical (unpaired) electrons. The number of nitrogens with zero attached hydrogens (tertiary/aromatic N) is 2. The fourth-order valence-electron chi connectivity index (χ4n) is 1.16. The Kier molecular flexibility index (Phi) is 4.29. The quantitative estimate of drug-likeness (QED) is 0.581. The summed E-state index contributed by atoms with van der Waals surface area (Å²) in [6.45, 7) is 6.97. The molecule has 3 nitrogen and oxygen atoms in total. The largest absolute Gasteiger partial charge is 0.304 e. The van der Waals surface area contributed by atoms with Gasteiger partial charge in [-0.05, 0) is 14.0 Å². The van der Waals surface area contributed by atoms with Crippen LogP contribution in [-0.2, 0) is 4.84 Å². The van der Waals surface area contributed by atoms with Crippen LogP contribution >= 0.6 is 0 Å². The first-order chi connectivity index (χ1) is 5.83. The van der Waals surface area contributed by atoms with E-state index in [1.54, 1.807) is 0 Å². The number of hydroxylamine groups is 2. The second-order valence-electron chi connectivity index (χ2n) is 3.10. The normalized spacial score (nSPS) is 22.2. The minimum Gasteiger partial charge on any atom is -0.304 e. The van der Waals surface area contributed by atoms with Crippen molar-refractivity contribution in [2.45, 2.75) is 6.92 Å². The standard InChI is InChI=1S/C9H18N2O/c1-3-4-9-12-11-7-5-10(2)6-8-11/h3-4H,5-9H2,1-2H3/b4-3+. The average Bonchev–Trinajstić information content (AvgIpc) is 2.09. The lowest BCUT2D eigenvalue weighted by atomic mass is 10.4. The number of likely N-dealkylation sites (N-methyl/N-ethyl adjacent to an activating group) is 1. The van der Waals surface area contributed by atoms with Gasteiger partial charge in [-0.1, -0.05) is 12.2 Å². The van der Waals surface area contributed by atoms with Crippen LogP contribution in [0.2, 0.25) is 0 Å². The summed E-state index contributed by atoms with van der Waals surface area (Å²) in [5, 5.41) is 2.04. The van der Waals surface area contributed by atoms with E-state index >= 15 is 0 Å². The number of piperazine rings is 1. The zero-order valence-electron chi connectivity index (χ0n) is 7.99. The molecule has 1 saturated heterocycles. The van der Waals surface area contributed by atoms with E-state index in [0.29, 0.717) is 6.61 Å². The topological polar surface area (TPSA) is 15.7 Å². The lowest BCUT2D eigenvalue weighted by Crippen LogP contribution is -2.44. The molecule has 1 aliphatic heterocycles. The Labute approximate surface area is 74.6 Å². The van der Waals surface area contributed by atoms with Crippen molar-refractivity contribution in [2.24, 2.45) is 0 Å². The molecular formula is C9H18N2O. The van der Waals surface area contributed by atoms with Crippen molar-refractivity contribution < 1.29 is 4.84 Å². The maximum Gasteiger partial charge on any atom is 0.0866 e. The molecule has 3 heteroatoms. The molecule has 70 valence electrons. The smallest absolute Gasteiger partial charge is 0.0866 e. The molecule has 0 aromatic rings. The predicted molar refractivity (Wildman–Crippen MR) is 49.8 cm³/mol. The average molecular weight is 170 g/mol. The Bertz CT molecular complexity index is 139. The van der Waals surface area contributed by atoms with Crippen molar-refractivity contribution in [3.05, 3.63) is 12.2 Å². The van der Waals surface area contributed by atoms with Gasteiger partial charge in [-0.2, -0.15) is 5.06 Å². The van der Waals surface area contributed by atoms with Gasteiger partial charge < -0.3 is 4.90 Å². The van der Waals surface area contributed by atoms with Crippen molar-refractivity contribution in [3.63, 3.8) is 0 Å². The zero-order chi connectivity index (χ0) is 8.81. The van der Waals surface area contributed by atoms with E-state index in [9.17, 15) is 0 Å². The van der Waals surface area contributed by atoms with Crippen LogP contribution < -0.4 is 0 Å². The van der Waals surface area contributed by atoms with Gasteiger partial charge in [0.15, 0.2) is 0 Å². The highest BCUT2D eigenvalue weighted by Gasteiger charge is 2.12. The third-order valence-corrected chi connectivity index (χ3v) is 2.05. The lowest BCUT2D eigenvalue weighted by Gasteiger charge is -2.31. The van der Waals surface area contributed by atoms with Gasteiger partial charge in [0.1, 0.15) is 0 Å². The highest BCUT2D eigenvalue weighted by molar-refractivity contribution is 4.76. The molecule has 0 saturated carbocycles. The van der Waals surface area contributed by atoms with Crippen LogP contribution in [0.4, 0.5) is 0 Å². The van der Waals surface area contributed by atoms with Gasteiger partial charge in [-0.25, -0.2) is 0 Å². The molecule has 0 aromatic heterocycles. The van der Waals surface area contributed by atoms with Crippen LogP contribution in [0, 0.1) is 0 Å². The van der Waals surface area contributed by atoms with Crippen molar-refractivity contribution in [1.82, 2.24) is 9.96 Å². The number of hydrogen-bond donors (Lipinski definition) is 0. The lowest BCUT2D eigenvalue weighted by molar-refractivity contribution is -0.165. The molecule has 1 rings (SSSR count). The maximum absolute atomic E-state index is 5.49. The molecule has 1 fully saturated rings. The van der Waals surface area contributed by atoms with E-state index in [1.165, 1.54) is 0 Å². The molecule has 0 amide bonds. The van der Waals surface area contributed by atoms with Crippen LogP contribution in [0.3, 0.4) is 0 Å². The highest BCUT2D eigenvalue weighted by atomic mass is 16.7. The van der Waals surface area contributed by atoms with Gasteiger partial charge in [-0.15, -0.1) is 0 Å². The van der Waals surface area contributed by atoms with E-state index in [0.717, 1.165) is 26.2 Å². The summed E-state index contributed by atoms with van der Waals surface area (Å²) in [6.07, 6.45) is 4.04. The van der Waals surface area contributed by atoms with Crippen LogP contribution in [0.5, 0.6) is 0 Å². The van der Waals surface area contributed by atoms with E-state index in [4.69, 9.17) is 4.84 Å². The Morgan fingerprint density at radius 3 is 2.50 bits per heavy atom. The Hall–Kier alpha value is -0.380. The first-order valence-electron chi connectivity index (χ1n) is 4.50. The fraction of sp³-hybridized carbons (Fsp3) is 0.778. The summed E-state index contributed by atoms with van der Waals surface area (Å²) >= 11 is 0.